The van der Waals surface area contributed by atoms with Gasteiger partial charge in [-0.3, -0.25) is 9.59 Å². The molecule has 7 nitrogen and oxygen atoms in total. The first-order chi connectivity index (χ1) is 14.4. The van der Waals surface area contributed by atoms with Gasteiger partial charge in [0.1, 0.15) is 17.1 Å². The van der Waals surface area contributed by atoms with E-state index in [-0.39, 0.29) is 6.42 Å². The number of oxazole rings is 1. The topological polar surface area (TPSA) is 99.2 Å². The molecule has 1 aliphatic rings. The SMILES string of the molecule is N#CC1(NC(=O)[C@H](Cc2nc3ccc(Br)cc3o2)N(C=O)c2cccc(Cl)c2)CC1. The number of aromatic nitrogens is 1. The molecule has 0 unspecified atom stereocenters. The maximum Gasteiger partial charge on any atom is 0.244 e. The Labute approximate surface area is 185 Å². The summed E-state index contributed by atoms with van der Waals surface area (Å²) in [4.78, 5) is 30.8. The average molecular weight is 488 g/mol. The highest BCUT2D eigenvalue weighted by Gasteiger charge is 2.46. The van der Waals surface area contributed by atoms with E-state index in [2.05, 4.69) is 32.3 Å². The molecule has 3 aromatic rings. The Morgan fingerprint density at radius 3 is 2.87 bits per heavy atom. The lowest BCUT2D eigenvalue weighted by molar-refractivity contribution is -0.124. The molecule has 1 atom stereocenters. The van der Waals surface area contributed by atoms with E-state index in [1.165, 1.54) is 4.90 Å². The molecule has 1 fully saturated rings. The summed E-state index contributed by atoms with van der Waals surface area (Å²) in [6.45, 7) is 0. The van der Waals surface area contributed by atoms with Crippen molar-refractivity contribution in [2.75, 3.05) is 4.90 Å². The third kappa shape index (κ3) is 4.18. The van der Waals surface area contributed by atoms with E-state index >= 15 is 0 Å². The van der Waals surface area contributed by atoms with Crippen LogP contribution in [0.1, 0.15) is 18.7 Å². The number of fused-ring (bicyclic) bond motifs is 1. The zero-order valence-electron chi connectivity index (χ0n) is 15.6. The molecule has 1 N–H and O–H groups in total. The Morgan fingerprint density at radius 1 is 1.40 bits per heavy atom. The van der Waals surface area contributed by atoms with Gasteiger partial charge in [-0.1, -0.05) is 33.6 Å². The second-order valence-electron chi connectivity index (χ2n) is 7.12. The number of halogens is 2. The van der Waals surface area contributed by atoms with Gasteiger partial charge in [-0.15, -0.1) is 0 Å². The van der Waals surface area contributed by atoms with Gasteiger partial charge in [0.05, 0.1) is 12.5 Å². The minimum atomic E-state index is -0.969. The number of nitrogens with one attached hydrogen (secondary N) is 1. The Hall–Kier alpha value is -2.89. The molecule has 0 bridgehead atoms. The van der Waals surface area contributed by atoms with Gasteiger partial charge in [0.2, 0.25) is 12.3 Å². The smallest absolute Gasteiger partial charge is 0.244 e. The Bertz CT molecular complexity index is 1170. The molecule has 1 heterocycles. The van der Waals surface area contributed by atoms with Gasteiger partial charge >= 0.3 is 0 Å². The third-order valence-electron chi connectivity index (χ3n) is 4.95. The standard InChI is InChI=1S/C21H16BrClN4O3/c22-13-4-5-16-18(8-13)30-19(25-16)10-17(20(29)26-21(11-24)6-7-21)27(12-28)15-3-1-2-14(23)9-15/h1-5,8-9,12,17H,6-7,10H2,(H,26,29)/t17-/m0/s1. The molecule has 0 spiro atoms. The molecule has 2 aromatic carbocycles. The Morgan fingerprint density at radius 2 is 2.20 bits per heavy atom. The van der Waals surface area contributed by atoms with Gasteiger partial charge in [-0.05, 0) is 49.2 Å². The molecule has 2 amide bonds. The van der Waals surface area contributed by atoms with Gasteiger partial charge in [0.15, 0.2) is 11.5 Å². The monoisotopic (exact) mass is 486 g/mol. The van der Waals surface area contributed by atoms with Crippen LogP contribution in [-0.2, 0) is 16.0 Å². The lowest BCUT2D eigenvalue weighted by Gasteiger charge is -2.27. The highest BCUT2D eigenvalue weighted by Crippen LogP contribution is 2.35. The van der Waals surface area contributed by atoms with Crippen LogP contribution in [0.5, 0.6) is 0 Å². The van der Waals surface area contributed by atoms with Crippen molar-refractivity contribution in [2.45, 2.75) is 30.8 Å². The van der Waals surface area contributed by atoms with E-state index in [0.717, 1.165) is 4.47 Å². The van der Waals surface area contributed by atoms with Gasteiger partial charge in [0, 0.05) is 15.2 Å². The maximum atomic E-state index is 13.1. The molecular formula is C21H16BrClN4O3. The second kappa shape index (κ2) is 8.09. The van der Waals surface area contributed by atoms with Crippen molar-refractivity contribution in [3.05, 3.63) is 57.9 Å². The number of carbonyl (C=O) groups is 2. The van der Waals surface area contributed by atoms with Crippen molar-refractivity contribution in [3.63, 3.8) is 0 Å². The molecule has 0 radical (unpaired) electrons. The highest BCUT2D eigenvalue weighted by molar-refractivity contribution is 9.10. The molecule has 1 aromatic heterocycles. The van der Waals surface area contributed by atoms with Crippen LogP contribution in [0.3, 0.4) is 0 Å². The number of carbonyl (C=O) groups excluding carboxylic acids is 2. The highest BCUT2D eigenvalue weighted by atomic mass is 79.9. The van der Waals surface area contributed by atoms with Gasteiger partial charge in [0.25, 0.3) is 0 Å². The molecule has 0 aliphatic heterocycles. The summed E-state index contributed by atoms with van der Waals surface area (Å²) in [5.74, 6) is -0.150. The van der Waals surface area contributed by atoms with Crippen LogP contribution in [0.25, 0.3) is 11.1 Å². The molecular weight excluding hydrogens is 472 g/mol. The average Bonchev–Trinajstić information content (AvgIpc) is 3.38. The first-order valence-corrected chi connectivity index (χ1v) is 10.4. The molecule has 9 heteroatoms. The Kier molecular flexibility index (Phi) is 5.50. The zero-order valence-corrected chi connectivity index (χ0v) is 18.0. The van der Waals surface area contributed by atoms with Crippen molar-refractivity contribution in [1.82, 2.24) is 10.3 Å². The summed E-state index contributed by atoms with van der Waals surface area (Å²) in [6, 6.07) is 13.2. The van der Waals surface area contributed by atoms with Gasteiger partial charge < -0.3 is 14.6 Å². The van der Waals surface area contributed by atoms with E-state index in [1.807, 2.05) is 6.07 Å². The summed E-state index contributed by atoms with van der Waals surface area (Å²) in [6.07, 6.45) is 1.76. The number of nitriles is 1. The van der Waals surface area contributed by atoms with Crippen LogP contribution >= 0.6 is 27.5 Å². The fourth-order valence-corrected chi connectivity index (χ4v) is 3.70. The first kappa shape index (κ1) is 20.4. The number of hydrogen-bond donors (Lipinski definition) is 1. The largest absolute Gasteiger partial charge is 0.441 e. The lowest BCUT2D eigenvalue weighted by Crippen LogP contribution is -2.51. The van der Waals surface area contributed by atoms with Crippen molar-refractivity contribution in [3.8, 4) is 6.07 Å². The summed E-state index contributed by atoms with van der Waals surface area (Å²) in [7, 11) is 0. The Balaban J connectivity index is 1.69. The molecule has 30 heavy (non-hydrogen) atoms. The number of nitrogens with zero attached hydrogens (tertiary/aromatic N) is 3. The number of rotatable bonds is 7. The maximum absolute atomic E-state index is 13.1. The summed E-state index contributed by atoms with van der Waals surface area (Å²) in [5, 5.41) is 12.5. The zero-order chi connectivity index (χ0) is 21.3. The predicted molar refractivity (Wildman–Crippen MR) is 115 cm³/mol. The van der Waals surface area contributed by atoms with Crippen LogP contribution in [-0.4, -0.2) is 28.9 Å². The number of anilines is 1. The van der Waals surface area contributed by atoms with Crippen LogP contribution < -0.4 is 10.2 Å². The van der Waals surface area contributed by atoms with Gasteiger partial charge in [-0.25, -0.2) is 4.98 Å². The summed E-state index contributed by atoms with van der Waals surface area (Å²) >= 11 is 9.46. The van der Waals surface area contributed by atoms with Crippen molar-refractivity contribution in [2.24, 2.45) is 0 Å². The van der Waals surface area contributed by atoms with Crippen LogP contribution in [0.15, 0.2) is 51.4 Å². The van der Waals surface area contributed by atoms with Crippen molar-refractivity contribution < 1.29 is 14.0 Å². The van der Waals surface area contributed by atoms with E-state index in [0.29, 0.717) is 47.0 Å². The lowest BCUT2D eigenvalue weighted by atomic mass is 10.1. The van der Waals surface area contributed by atoms with Gasteiger partial charge in [-0.2, -0.15) is 5.26 Å². The predicted octanol–water partition coefficient (Wildman–Crippen LogP) is 3.99. The van der Waals surface area contributed by atoms with Crippen molar-refractivity contribution >= 4 is 56.6 Å². The number of hydrogen-bond acceptors (Lipinski definition) is 5. The molecule has 0 saturated heterocycles. The van der Waals surface area contributed by atoms with E-state index < -0.39 is 17.5 Å². The minimum Gasteiger partial charge on any atom is -0.441 e. The number of benzene rings is 2. The fraction of sp³-hybridized carbons (Fsp3) is 0.238. The van der Waals surface area contributed by atoms with E-state index in [9.17, 15) is 14.9 Å². The van der Waals surface area contributed by atoms with E-state index in [1.54, 1.807) is 36.4 Å². The molecule has 4 rings (SSSR count). The van der Waals surface area contributed by atoms with Crippen LogP contribution in [0.2, 0.25) is 5.02 Å². The minimum absolute atomic E-state index is 0.0326. The van der Waals surface area contributed by atoms with Crippen LogP contribution in [0, 0.1) is 11.3 Å². The number of amides is 2. The van der Waals surface area contributed by atoms with Crippen molar-refractivity contribution in [1.29, 1.82) is 5.26 Å². The first-order valence-electron chi connectivity index (χ1n) is 9.20. The fourth-order valence-electron chi connectivity index (χ4n) is 3.18. The van der Waals surface area contributed by atoms with E-state index in [4.69, 9.17) is 16.0 Å². The molecule has 1 aliphatic carbocycles. The second-order valence-corrected chi connectivity index (χ2v) is 8.47. The normalized spacial score (nSPS) is 15.2. The molecule has 152 valence electrons. The summed E-state index contributed by atoms with van der Waals surface area (Å²) in [5.41, 5.74) is 0.793. The summed E-state index contributed by atoms with van der Waals surface area (Å²) < 4.78 is 6.64. The third-order valence-corrected chi connectivity index (χ3v) is 5.68. The van der Waals surface area contributed by atoms with Crippen LogP contribution in [0.4, 0.5) is 5.69 Å². The molecule has 1 saturated carbocycles. The quantitative estimate of drug-likeness (QED) is 0.508.